The number of amides is 1. The normalized spacial score (nSPS) is 14.7. The fourth-order valence-electron chi connectivity index (χ4n) is 3.20. The van der Waals surface area contributed by atoms with Gasteiger partial charge in [0.25, 0.3) is 0 Å². The third kappa shape index (κ3) is 5.43. The average molecular weight is 396 g/mol. The molecule has 1 saturated heterocycles. The van der Waals surface area contributed by atoms with Gasteiger partial charge < -0.3 is 19.9 Å². The van der Waals surface area contributed by atoms with E-state index in [9.17, 15) is 14.7 Å². The molecule has 0 saturated carbocycles. The Morgan fingerprint density at radius 1 is 1.17 bits per heavy atom. The van der Waals surface area contributed by atoms with Gasteiger partial charge in [-0.1, -0.05) is 24.3 Å². The van der Waals surface area contributed by atoms with E-state index < -0.39 is 11.9 Å². The topological polar surface area (TPSA) is 88.1 Å². The van der Waals surface area contributed by atoms with Crippen molar-refractivity contribution in [3.8, 4) is 5.75 Å². The minimum atomic E-state index is -1.09. The Kier molecular flexibility index (Phi) is 6.99. The summed E-state index contributed by atoms with van der Waals surface area (Å²) in [6.07, 6.45) is 3.12. The second kappa shape index (κ2) is 9.86. The molecule has 1 fully saturated rings. The lowest BCUT2D eigenvalue weighted by Gasteiger charge is -2.27. The molecule has 7 nitrogen and oxygen atoms in total. The van der Waals surface area contributed by atoms with Crippen LogP contribution >= 0.6 is 0 Å². The van der Waals surface area contributed by atoms with Crippen molar-refractivity contribution in [2.75, 3.05) is 38.7 Å². The van der Waals surface area contributed by atoms with Gasteiger partial charge in [0.1, 0.15) is 5.75 Å². The Morgan fingerprint density at radius 2 is 1.93 bits per heavy atom. The third-order valence-electron chi connectivity index (χ3n) is 4.70. The number of rotatable bonds is 7. The van der Waals surface area contributed by atoms with Gasteiger partial charge in [-0.15, -0.1) is 0 Å². The molecule has 7 heteroatoms. The average Bonchev–Trinajstić information content (AvgIpc) is 2.74. The Labute approximate surface area is 169 Å². The van der Waals surface area contributed by atoms with Gasteiger partial charge in [-0.05, 0) is 29.8 Å². The predicted molar refractivity (Wildman–Crippen MR) is 110 cm³/mol. The number of benzene rings is 2. The van der Waals surface area contributed by atoms with E-state index in [1.54, 1.807) is 31.4 Å². The number of anilines is 1. The molecule has 0 atom stereocenters. The van der Waals surface area contributed by atoms with Crippen LogP contribution in [0.15, 0.2) is 48.5 Å². The molecule has 0 spiro atoms. The molecule has 1 heterocycles. The number of nitrogens with zero attached hydrogens (tertiary/aromatic N) is 1. The number of carboxylic acid groups (broad SMARTS) is 1. The molecule has 2 aromatic rings. The van der Waals surface area contributed by atoms with Gasteiger partial charge in [-0.25, -0.2) is 4.79 Å². The second-order valence-electron chi connectivity index (χ2n) is 6.59. The highest BCUT2D eigenvalue weighted by molar-refractivity contribution is 6.06. The minimum absolute atomic E-state index is 0.0450. The number of carboxylic acids is 1. The number of nitrogens with one attached hydrogen (secondary N) is 1. The van der Waals surface area contributed by atoms with Crippen LogP contribution in [0.4, 0.5) is 5.69 Å². The van der Waals surface area contributed by atoms with Crippen LogP contribution in [0.3, 0.4) is 0 Å². The van der Waals surface area contributed by atoms with Gasteiger partial charge in [0.15, 0.2) is 0 Å². The summed E-state index contributed by atoms with van der Waals surface area (Å²) in [5, 5.41) is 11.9. The highest BCUT2D eigenvalue weighted by Gasteiger charge is 2.16. The fraction of sp³-hybridized carbons (Fsp3) is 0.273. The fourth-order valence-corrected chi connectivity index (χ4v) is 3.20. The number of carbonyl (C=O) groups excluding carboxylic acids is 1. The monoisotopic (exact) mass is 396 g/mol. The standard InChI is InChI=1S/C22H24N2O5/c1-28-20-8-4-5-16(18(20)15-24-11-13-29-14-12-24)9-10-21(25)23-19-7-3-2-6-17(19)22(26)27/h2-10H,11-15H2,1H3,(H,23,25)(H,26,27)/b10-9+. The molecule has 0 radical (unpaired) electrons. The van der Waals surface area contributed by atoms with Crippen molar-refractivity contribution in [3.05, 3.63) is 65.2 Å². The first-order chi connectivity index (χ1) is 14.1. The molecule has 3 rings (SSSR count). The van der Waals surface area contributed by atoms with Gasteiger partial charge in [0.05, 0.1) is 31.6 Å². The largest absolute Gasteiger partial charge is 0.496 e. The maximum atomic E-state index is 12.4. The van der Waals surface area contributed by atoms with Gasteiger partial charge in [0.2, 0.25) is 5.91 Å². The zero-order valence-electron chi connectivity index (χ0n) is 16.3. The van der Waals surface area contributed by atoms with Crippen LogP contribution in [0, 0.1) is 0 Å². The first-order valence-corrected chi connectivity index (χ1v) is 9.36. The molecular weight excluding hydrogens is 372 g/mol. The number of methoxy groups -OCH3 is 1. The highest BCUT2D eigenvalue weighted by Crippen LogP contribution is 2.25. The van der Waals surface area contributed by atoms with Crippen LogP contribution in [0.2, 0.25) is 0 Å². The van der Waals surface area contributed by atoms with Gasteiger partial charge >= 0.3 is 5.97 Å². The van der Waals surface area contributed by atoms with Crippen LogP contribution in [0.1, 0.15) is 21.5 Å². The van der Waals surface area contributed by atoms with Crippen LogP contribution < -0.4 is 10.1 Å². The third-order valence-corrected chi connectivity index (χ3v) is 4.70. The number of hydrogen-bond acceptors (Lipinski definition) is 5. The van der Waals surface area contributed by atoms with E-state index in [-0.39, 0.29) is 11.3 Å². The van der Waals surface area contributed by atoms with Gasteiger partial charge in [0, 0.05) is 31.3 Å². The maximum absolute atomic E-state index is 12.4. The smallest absolute Gasteiger partial charge is 0.337 e. The summed E-state index contributed by atoms with van der Waals surface area (Å²) in [6.45, 7) is 3.77. The SMILES string of the molecule is COc1cccc(/C=C/C(=O)Nc2ccccc2C(=O)O)c1CN1CCOCC1. The van der Waals surface area contributed by atoms with E-state index >= 15 is 0 Å². The molecule has 0 aliphatic carbocycles. The Morgan fingerprint density at radius 3 is 2.66 bits per heavy atom. The van der Waals surface area contributed by atoms with Gasteiger partial charge in [-0.3, -0.25) is 9.69 Å². The molecule has 1 aliphatic heterocycles. The summed E-state index contributed by atoms with van der Waals surface area (Å²) in [5.41, 5.74) is 2.17. The number of aromatic carboxylic acids is 1. The lowest BCUT2D eigenvalue weighted by Crippen LogP contribution is -2.35. The van der Waals surface area contributed by atoms with Crippen LogP contribution in [-0.2, 0) is 16.1 Å². The molecule has 2 aromatic carbocycles. The van der Waals surface area contributed by atoms with Crippen molar-refractivity contribution < 1.29 is 24.2 Å². The molecule has 152 valence electrons. The van der Waals surface area contributed by atoms with E-state index in [1.165, 1.54) is 12.1 Å². The van der Waals surface area contributed by atoms with E-state index in [0.717, 1.165) is 30.0 Å². The molecule has 0 bridgehead atoms. The Bertz CT molecular complexity index is 904. The van der Waals surface area contributed by atoms with Crippen molar-refractivity contribution in [1.82, 2.24) is 4.90 Å². The molecular formula is C22H24N2O5. The number of ether oxygens (including phenoxy) is 2. The number of para-hydroxylation sites is 1. The number of carbonyl (C=O) groups is 2. The van der Waals surface area contributed by atoms with Crippen molar-refractivity contribution in [3.63, 3.8) is 0 Å². The molecule has 1 amide bonds. The molecule has 0 aromatic heterocycles. The van der Waals surface area contributed by atoms with Crippen LogP contribution in [0.25, 0.3) is 6.08 Å². The van der Waals surface area contributed by atoms with E-state index in [1.807, 2.05) is 18.2 Å². The minimum Gasteiger partial charge on any atom is -0.496 e. The summed E-state index contributed by atoms with van der Waals surface area (Å²) >= 11 is 0. The first-order valence-electron chi connectivity index (χ1n) is 9.36. The number of morpholine rings is 1. The van der Waals surface area contributed by atoms with Crippen molar-refractivity contribution >= 4 is 23.6 Å². The van der Waals surface area contributed by atoms with Crippen LogP contribution in [0.5, 0.6) is 5.75 Å². The van der Waals surface area contributed by atoms with E-state index in [0.29, 0.717) is 19.8 Å². The number of hydrogen-bond donors (Lipinski definition) is 2. The molecule has 1 aliphatic rings. The summed E-state index contributed by atoms with van der Waals surface area (Å²) in [4.78, 5) is 25.9. The van der Waals surface area contributed by atoms with Crippen molar-refractivity contribution in [2.45, 2.75) is 6.54 Å². The zero-order chi connectivity index (χ0) is 20.6. The lowest BCUT2D eigenvalue weighted by atomic mass is 10.0. The molecule has 2 N–H and O–H groups in total. The first kappa shape index (κ1) is 20.6. The van der Waals surface area contributed by atoms with Gasteiger partial charge in [-0.2, -0.15) is 0 Å². The molecule has 29 heavy (non-hydrogen) atoms. The van der Waals surface area contributed by atoms with Crippen LogP contribution in [-0.4, -0.2) is 55.3 Å². The second-order valence-corrected chi connectivity index (χ2v) is 6.59. The van der Waals surface area contributed by atoms with E-state index in [2.05, 4.69) is 10.2 Å². The summed E-state index contributed by atoms with van der Waals surface area (Å²) in [6, 6.07) is 12.0. The predicted octanol–water partition coefficient (Wildman–Crippen LogP) is 2.88. The Balaban J connectivity index is 1.77. The summed E-state index contributed by atoms with van der Waals surface area (Å²) in [5.74, 6) is -0.736. The maximum Gasteiger partial charge on any atom is 0.337 e. The lowest BCUT2D eigenvalue weighted by molar-refractivity contribution is -0.111. The van der Waals surface area contributed by atoms with Crippen molar-refractivity contribution in [1.29, 1.82) is 0 Å². The van der Waals surface area contributed by atoms with Crippen molar-refractivity contribution in [2.24, 2.45) is 0 Å². The Hall–Kier alpha value is -3.16. The van der Waals surface area contributed by atoms with E-state index in [4.69, 9.17) is 9.47 Å². The summed E-state index contributed by atoms with van der Waals surface area (Å²) < 4.78 is 10.9. The summed E-state index contributed by atoms with van der Waals surface area (Å²) in [7, 11) is 1.63. The quantitative estimate of drug-likeness (QED) is 0.700. The molecule has 0 unspecified atom stereocenters. The zero-order valence-corrected chi connectivity index (χ0v) is 16.3. The highest BCUT2D eigenvalue weighted by atomic mass is 16.5.